The average Bonchev–Trinajstić information content (AvgIpc) is 2.25. The van der Waals surface area contributed by atoms with Crippen LogP contribution in [0.4, 0.5) is 4.39 Å². The monoisotopic (exact) mass is 228 g/mol. The summed E-state index contributed by atoms with van der Waals surface area (Å²) in [5, 5.41) is 0. The van der Waals surface area contributed by atoms with Crippen molar-refractivity contribution in [2.45, 2.75) is 33.6 Å². The highest BCUT2D eigenvalue weighted by Crippen LogP contribution is 2.08. The lowest BCUT2D eigenvalue weighted by Crippen LogP contribution is -2.11. The average molecular weight is 228 g/mol. The third kappa shape index (κ3) is 6.11. The number of carbonyl (C=O) groups excluding carboxylic acids is 2. The van der Waals surface area contributed by atoms with Gasteiger partial charge in [0.15, 0.2) is 5.78 Å². The van der Waals surface area contributed by atoms with Crippen molar-refractivity contribution in [3.63, 3.8) is 0 Å². The molecule has 0 rings (SSSR count). The molecule has 90 valence electrons. The van der Waals surface area contributed by atoms with E-state index in [1.807, 2.05) is 0 Å². The Bertz CT molecular complexity index is 316. The van der Waals surface area contributed by atoms with Gasteiger partial charge in [-0.05, 0) is 26.3 Å². The van der Waals surface area contributed by atoms with Gasteiger partial charge in [-0.3, -0.25) is 9.59 Å². The molecule has 0 fully saturated rings. The molecule has 0 aromatic rings. The molecule has 0 aromatic carbocycles. The highest BCUT2D eigenvalue weighted by atomic mass is 19.1. The number of rotatable bonds is 6. The van der Waals surface area contributed by atoms with E-state index >= 15 is 0 Å². The Morgan fingerprint density at radius 2 is 2.00 bits per heavy atom. The number of hydrogen-bond acceptors (Lipinski definition) is 3. The van der Waals surface area contributed by atoms with Gasteiger partial charge in [0.2, 0.25) is 0 Å². The molecule has 0 unspecified atom stereocenters. The fourth-order valence-electron chi connectivity index (χ4n) is 0.965. The topological polar surface area (TPSA) is 43.4 Å². The van der Waals surface area contributed by atoms with Crippen LogP contribution in [0, 0.1) is 0 Å². The molecule has 0 aliphatic carbocycles. The summed E-state index contributed by atoms with van der Waals surface area (Å²) in [6.45, 7) is 5.07. The number of ether oxygens (including phenoxy) is 1. The van der Waals surface area contributed by atoms with E-state index in [1.54, 1.807) is 20.8 Å². The zero-order valence-corrected chi connectivity index (χ0v) is 9.88. The fraction of sp³-hybridized carbons (Fsp3) is 0.500. The third-order valence-electron chi connectivity index (χ3n) is 1.97. The van der Waals surface area contributed by atoms with Crippen molar-refractivity contribution in [1.29, 1.82) is 0 Å². The minimum Gasteiger partial charge on any atom is -0.466 e. The number of ketones is 1. The second-order valence-electron chi connectivity index (χ2n) is 3.23. The first-order chi connectivity index (χ1) is 7.51. The molecule has 0 aliphatic rings. The molecule has 0 N–H and O–H groups in total. The zero-order chi connectivity index (χ0) is 12.6. The Morgan fingerprint density at radius 1 is 1.38 bits per heavy atom. The van der Waals surface area contributed by atoms with E-state index in [0.29, 0.717) is 5.57 Å². The van der Waals surface area contributed by atoms with Crippen LogP contribution in [-0.4, -0.2) is 18.4 Å². The van der Waals surface area contributed by atoms with E-state index in [2.05, 4.69) is 4.74 Å². The molecular formula is C12H17FO3. The molecule has 0 saturated carbocycles. The van der Waals surface area contributed by atoms with Gasteiger partial charge in [-0.25, -0.2) is 4.39 Å². The van der Waals surface area contributed by atoms with Crippen molar-refractivity contribution >= 4 is 11.8 Å². The maximum absolute atomic E-state index is 12.8. The van der Waals surface area contributed by atoms with Crippen molar-refractivity contribution in [3.8, 4) is 0 Å². The Kier molecular flexibility index (Phi) is 7.09. The summed E-state index contributed by atoms with van der Waals surface area (Å²) >= 11 is 0. The standard InChI is InChI=1S/C12H17FO3/c1-4-10(13)7-6-9(3)11(14)8-12(15)16-5-2/h4,6H,5,7-8H2,1-3H3/b9-6+,10-4?. The van der Waals surface area contributed by atoms with E-state index in [0.717, 1.165) is 0 Å². The lowest BCUT2D eigenvalue weighted by Gasteiger charge is -2.01. The summed E-state index contributed by atoms with van der Waals surface area (Å²) < 4.78 is 17.4. The number of esters is 1. The Balaban J connectivity index is 4.23. The van der Waals surface area contributed by atoms with Crippen molar-refractivity contribution in [3.05, 3.63) is 23.6 Å². The van der Waals surface area contributed by atoms with Gasteiger partial charge in [-0.15, -0.1) is 0 Å². The highest BCUT2D eigenvalue weighted by molar-refractivity contribution is 6.05. The molecule has 0 radical (unpaired) electrons. The normalized spacial score (nSPS) is 12.5. The Morgan fingerprint density at radius 3 is 2.50 bits per heavy atom. The van der Waals surface area contributed by atoms with Gasteiger partial charge in [0, 0.05) is 6.42 Å². The van der Waals surface area contributed by atoms with E-state index in [9.17, 15) is 14.0 Å². The van der Waals surface area contributed by atoms with Crippen LogP contribution >= 0.6 is 0 Å². The predicted molar refractivity (Wildman–Crippen MR) is 59.5 cm³/mol. The lowest BCUT2D eigenvalue weighted by atomic mass is 10.1. The van der Waals surface area contributed by atoms with Crippen LogP contribution in [0.2, 0.25) is 0 Å². The first-order valence-electron chi connectivity index (χ1n) is 5.17. The number of Topliss-reactive ketones (excluding diaryl/α,β-unsaturated/α-hetero) is 1. The highest BCUT2D eigenvalue weighted by Gasteiger charge is 2.11. The third-order valence-corrected chi connectivity index (χ3v) is 1.97. The van der Waals surface area contributed by atoms with Crippen LogP contribution in [0.3, 0.4) is 0 Å². The fourth-order valence-corrected chi connectivity index (χ4v) is 0.965. The zero-order valence-electron chi connectivity index (χ0n) is 9.88. The molecule has 0 aromatic heterocycles. The van der Waals surface area contributed by atoms with Gasteiger partial charge in [-0.2, -0.15) is 0 Å². The SMILES string of the molecule is CC=C(F)C/C=C(\C)C(=O)CC(=O)OCC. The molecule has 16 heavy (non-hydrogen) atoms. The van der Waals surface area contributed by atoms with Crippen molar-refractivity contribution < 1.29 is 18.7 Å². The Hall–Kier alpha value is -1.45. The molecule has 3 nitrogen and oxygen atoms in total. The van der Waals surface area contributed by atoms with Gasteiger partial charge in [0.1, 0.15) is 6.42 Å². The summed E-state index contributed by atoms with van der Waals surface area (Å²) in [5.74, 6) is -1.18. The van der Waals surface area contributed by atoms with E-state index < -0.39 is 5.97 Å². The first kappa shape index (κ1) is 14.6. The molecule has 0 saturated heterocycles. The summed E-state index contributed by atoms with van der Waals surface area (Å²) in [6, 6.07) is 0. The lowest BCUT2D eigenvalue weighted by molar-refractivity contribution is -0.144. The van der Waals surface area contributed by atoms with E-state index in [-0.39, 0.29) is 31.1 Å². The molecule has 0 spiro atoms. The predicted octanol–water partition coefficient (Wildman–Crippen LogP) is 2.72. The molecule has 0 amide bonds. The van der Waals surface area contributed by atoms with E-state index in [1.165, 1.54) is 12.2 Å². The van der Waals surface area contributed by atoms with Crippen LogP contribution in [0.1, 0.15) is 33.6 Å². The smallest absolute Gasteiger partial charge is 0.313 e. The Labute approximate surface area is 95.0 Å². The number of carbonyl (C=O) groups is 2. The molecule has 4 heteroatoms. The molecule has 0 atom stereocenters. The van der Waals surface area contributed by atoms with Gasteiger partial charge >= 0.3 is 5.97 Å². The number of allylic oxidation sites excluding steroid dienone is 4. The minimum absolute atomic E-state index is 0.0803. The molecule has 0 aliphatic heterocycles. The minimum atomic E-state index is -0.549. The van der Waals surface area contributed by atoms with Crippen molar-refractivity contribution in [1.82, 2.24) is 0 Å². The van der Waals surface area contributed by atoms with Crippen LogP contribution in [-0.2, 0) is 14.3 Å². The molecule has 0 bridgehead atoms. The van der Waals surface area contributed by atoms with Gasteiger partial charge in [0.25, 0.3) is 0 Å². The van der Waals surface area contributed by atoms with Crippen molar-refractivity contribution in [2.24, 2.45) is 0 Å². The maximum atomic E-state index is 12.8. The van der Waals surface area contributed by atoms with Crippen LogP contribution in [0.15, 0.2) is 23.6 Å². The second kappa shape index (κ2) is 7.79. The van der Waals surface area contributed by atoms with Crippen LogP contribution < -0.4 is 0 Å². The first-order valence-corrected chi connectivity index (χ1v) is 5.17. The molecular weight excluding hydrogens is 211 g/mol. The summed E-state index contributed by atoms with van der Waals surface area (Å²) in [6.07, 6.45) is 2.60. The largest absolute Gasteiger partial charge is 0.466 e. The molecule has 0 heterocycles. The van der Waals surface area contributed by atoms with E-state index in [4.69, 9.17) is 0 Å². The van der Waals surface area contributed by atoms with Crippen molar-refractivity contribution in [2.75, 3.05) is 6.61 Å². The summed E-state index contributed by atoms with van der Waals surface area (Å²) in [5.41, 5.74) is 0.380. The van der Waals surface area contributed by atoms with Gasteiger partial charge < -0.3 is 4.74 Å². The maximum Gasteiger partial charge on any atom is 0.313 e. The van der Waals surface area contributed by atoms with Crippen LogP contribution in [0.25, 0.3) is 0 Å². The second-order valence-corrected chi connectivity index (χ2v) is 3.23. The quantitative estimate of drug-likeness (QED) is 0.399. The van der Waals surface area contributed by atoms with Gasteiger partial charge in [-0.1, -0.05) is 12.2 Å². The summed E-state index contributed by atoms with van der Waals surface area (Å²) in [7, 11) is 0. The van der Waals surface area contributed by atoms with Crippen LogP contribution in [0.5, 0.6) is 0 Å². The summed E-state index contributed by atoms with van der Waals surface area (Å²) in [4.78, 5) is 22.4. The van der Waals surface area contributed by atoms with Gasteiger partial charge in [0.05, 0.1) is 12.4 Å². The number of halogens is 1. The number of hydrogen-bond donors (Lipinski definition) is 0.